The molecule has 1 atom stereocenters. The van der Waals surface area contributed by atoms with Crippen LogP contribution in [0.15, 0.2) is 41.6 Å². The predicted molar refractivity (Wildman–Crippen MR) is 90.7 cm³/mol. The van der Waals surface area contributed by atoms with Crippen molar-refractivity contribution in [2.45, 2.75) is 30.7 Å². The highest BCUT2D eigenvalue weighted by Crippen LogP contribution is 2.24. The van der Waals surface area contributed by atoms with Crippen LogP contribution < -0.4 is 0 Å². The summed E-state index contributed by atoms with van der Waals surface area (Å²) in [6.07, 6.45) is 6.85. The first-order valence-electron chi connectivity index (χ1n) is 7.95. The second-order valence-corrected chi connectivity index (χ2v) is 8.24. The van der Waals surface area contributed by atoms with Gasteiger partial charge in [-0.15, -0.1) is 0 Å². The van der Waals surface area contributed by atoms with Gasteiger partial charge in [-0.2, -0.15) is 0 Å². The lowest BCUT2D eigenvalue weighted by molar-refractivity contribution is 0.0678. The first kappa shape index (κ1) is 16.7. The molecule has 1 aromatic heterocycles. The minimum atomic E-state index is -3.25. The van der Waals surface area contributed by atoms with Crippen LogP contribution in [0.25, 0.3) is 0 Å². The summed E-state index contributed by atoms with van der Waals surface area (Å²) in [5.41, 5.74) is 0.519. The average molecular weight is 347 g/mol. The molecule has 1 fully saturated rings. The summed E-state index contributed by atoms with van der Waals surface area (Å²) in [6, 6.07) is 6.39. The highest BCUT2D eigenvalue weighted by Gasteiger charge is 2.26. The van der Waals surface area contributed by atoms with Crippen LogP contribution in [0.5, 0.6) is 0 Å². The molecule has 0 spiro atoms. The van der Waals surface area contributed by atoms with Gasteiger partial charge in [0.15, 0.2) is 9.84 Å². The number of aromatic nitrogens is 2. The maximum atomic E-state index is 12.7. The van der Waals surface area contributed by atoms with E-state index in [0.717, 1.165) is 31.5 Å². The normalized spacial score (nSPS) is 18.6. The molecule has 3 rings (SSSR count). The number of carbonyl (C=O) groups is 1. The number of piperidine rings is 1. The molecule has 7 heteroatoms. The third-order valence-corrected chi connectivity index (χ3v) is 5.60. The van der Waals surface area contributed by atoms with Crippen molar-refractivity contribution in [1.29, 1.82) is 0 Å². The molecule has 1 unspecified atom stereocenters. The third-order valence-electron chi connectivity index (χ3n) is 4.47. The van der Waals surface area contributed by atoms with Gasteiger partial charge in [-0.3, -0.25) is 4.79 Å². The van der Waals surface area contributed by atoms with Gasteiger partial charge in [-0.05, 0) is 44.0 Å². The summed E-state index contributed by atoms with van der Waals surface area (Å²) in [5.74, 6) is 0.893. The van der Waals surface area contributed by atoms with Gasteiger partial charge >= 0.3 is 0 Å². The van der Waals surface area contributed by atoms with Crippen molar-refractivity contribution >= 4 is 15.7 Å². The Hall–Kier alpha value is -2.15. The van der Waals surface area contributed by atoms with Crippen molar-refractivity contribution in [2.75, 3.05) is 19.3 Å². The fourth-order valence-electron chi connectivity index (χ4n) is 3.17. The van der Waals surface area contributed by atoms with E-state index in [0.29, 0.717) is 12.1 Å². The zero-order valence-electron chi connectivity index (χ0n) is 13.8. The maximum Gasteiger partial charge on any atom is 0.253 e. The van der Waals surface area contributed by atoms with Crippen LogP contribution in [0.1, 0.15) is 35.1 Å². The van der Waals surface area contributed by atoms with E-state index in [1.54, 1.807) is 18.3 Å². The van der Waals surface area contributed by atoms with E-state index in [-0.39, 0.29) is 16.8 Å². The fraction of sp³-hybridized carbons (Fsp3) is 0.412. The van der Waals surface area contributed by atoms with Crippen molar-refractivity contribution in [1.82, 2.24) is 14.5 Å². The van der Waals surface area contributed by atoms with E-state index in [9.17, 15) is 13.2 Å². The van der Waals surface area contributed by atoms with Gasteiger partial charge in [0.1, 0.15) is 5.82 Å². The summed E-state index contributed by atoms with van der Waals surface area (Å²) in [7, 11) is -3.25. The van der Waals surface area contributed by atoms with Crippen molar-refractivity contribution in [2.24, 2.45) is 0 Å². The Morgan fingerprint density at radius 1 is 1.25 bits per heavy atom. The smallest absolute Gasteiger partial charge is 0.253 e. The molecule has 1 aliphatic rings. The quantitative estimate of drug-likeness (QED) is 0.852. The van der Waals surface area contributed by atoms with Gasteiger partial charge in [-0.1, -0.05) is 0 Å². The van der Waals surface area contributed by atoms with Crippen molar-refractivity contribution in [3.05, 3.63) is 48.0 Å². The van der Waals surface area contributed by atoms with Crippen LogP contribution in [-0.4, -0.2) is 48.1 Å². The lowest BCUT2D eigenvalue weighted by Crippen LogP contribution is -2.40. The number of hydrogen-bond donors (Lipinski definition) is 0. The van der Waals surface area contributed by atoms with E-state index in [4.69, 9.17) is 0 Å². The number of carbonyl (C=O) groups excluding carboxylic acids is 1. The first-order valence-corrected chi connectivity index (χ1v) is 9.84. The number of imidazole rings is 1. The maximum absolute atomic E-state index is 12.7. The van der Waals surface area contributed by atoms with Gasteiger partial charge in [0, 0.05) is 37.3 Å². The van der Waals surface area contributed by atoms with E-state index in [1.807, 2.05) is 18.0 Å². The van der Waals surface area contributed by atoms with Crippen molar-refractivity contribution in [3.8, 4) is 0 Å². The summed E-state index contributed by atoms with van der Waals surface area (Å²) in [6.45, 7) is 3.32. The van der Waals surface area contributed by atoms with Crippen LogP contribution in [0, 0.1) is 6.92 Å². The summed E-state index contributed by atoms with van der Waals surface area (Å²) >= 11 is 0. The number of rotatable bonds is 3. The molecule has 1 aliphatic heterocycles. The van der Waals surface area contributed by atoms with E-state index < -0.39 is 9.84 Å². The Morgan fingerprint density at radius 2 is 1.96 bits per heavy atom. The van der Waals surface area contributed by atoms with E-state index in [1.165, 1.54) is 12.1 Å². The number of hydrogen-bond acceptors (Lipinski definition) is 4. The second kappa shape index (κ2) is 6.39. The molecule has 2 heterocycles. The lowest BCUT2D eigenvalue weighted by atomic mass is 10.0. The highest BCUT2D eigenvalue weighted by atomic mass is 32.2. The Morgan fingerprint density at radius 3 is 2.54 bits per heavy atom. The van der Waals surface area contributed by atoms with E-state index >= 15 is 0 Å². The number of sulfone groups is 1. The zero-order chi connectivity index (χ0) is 17.3. The summed E-state index contributed by atoms with van der Waals surface area (Å²) in [4.78, 5) is 19.0. The van der Waals surface area contributed by atoms with E-state index in [2.05, 4.69) is 9.55 Å². The number of amides is 1. The minimum absolute atomic E-state index is 0.0579. The van der Waals surface area contributed by atoms with Gasteiger partial charge < -0.3 is 9.47 Å². The van der Waals surface area contributed by atoms with Gasteiger partial charge in [0.25, 0.3) is 5.91 Å². The number of benzene rings is 1. The average Bonchev–Trinajstić information content (AvgIpc) is 3.00. The molecular formula is C17H21N3O3S. The zero-order valence-corrected chi connectivity index (χ0v) is 14.7. The minimum Gasteiger partial charge on any atom is -0.337 e. The molecular weight excluding hydrogens is 326 g/mol. The third kappa shape index (κ3) is 3.36. The van der Waals surface area contributed by atoms with Crippen LogP contribution in [0.4, 0.5) is 0 Å². The lowest BCUT2D eigenvalue weighted by Gasteiger charge is -2.34. The van der Waals surface area contributed by atoms with Gasteiger partial charge in [0.05, 0.1) is 10.9 Å². The number of nitrogens with zero attached hydrogens (tertiary/aromatic N) is 3. The SMILES string of the molecule is Cc1nccn1C1CCCN(C(=O)c2ccc(S(C)(=O)=O)cc2)C1. The first-order chi connectivity index (χ1) is 11.4. The Kier molecular flexibility index (Phi) is 4.45. The highest BCUT2D eigenvalue weighted by molar-refractivity contribution is 7.90. The molecule has 0 aliphatic carbocycles. The molecule has 0 radical (unpaired) electrons. The molecule has 128 valence electrons. The Labute approximate surface area is 142 Å². The largest absolute Gasteiger partial charge is 0.337 e. The standard InChI is InChI=1S/C17H21N3O3S/c1-13-18-9-11-20(13)15-4-3-10-19(12-15)17(21)14-5-7-16(8-6-14)24(2,22)23/h5-9,11,15H,3-4,10,12H2,1-2H3. The topological polar surface area (TPSA) is 72.3 Å². The molecule has 1 amide bonds. The van der Waals surface area contributed by atoms with Crippen molar-refractivity contribution in [3.63, 3.8) is 0 Å². The van der Waals surface area contributed by atoms with Gasteiger partial charge in [-0.25, -0.2) is 13.4 Å². The van der Waals surface area contributed by atoms with Crippen molar-refractivity contribution < 1.29 is 13.2 Å². The molecule has 0 N–H and O–H groups in total. The molecule has 1 saturated heterocycles. The van der Waals surface area contributed by atoms with Crippen LogP contribution in [-0.2, 0) is 9.84 Å². The molecule has 1 aromatic carbocycles. The monoisotopic (exact) mass is 347 g/mol. The summed E-state index contributed by atoms with van der Waals surface area (Å²) in [5, 5.41) is 0. The molecule has 2 aromatic rings. The molecule has 6 nitrogen and oxygen atoms in total. The summed E-state index contributed by atoms with van der Waals surface area (Å²) < 4.78 is 25.2. The van der Waals surface area contributed by atoms with Gasteiger partial charge in [0.2, 0.25) is 0 Å². The second-order valence-electron chi connectivity index (χ2n) is 6.23. The molecule has 0 bridgehead atoms. The predicted octanol–water partition coefficient (Wildman–Crippen LogP) is 2.07. The van der Waals surface area contributed by atoms with Crippen LogP contribution in [0.2, 0.25) is 0 Å². The molecule has 24 heavy (non-hydrogen) atoms. The number of aryl methyl sites for hydroxylation is 1. The Balaban J connectivity index is 1.76. The van der Waals surface area contributed by atoms with Crippen LogP contribution in [0.3, 0.4) is 0 Å². The number of likely N-dealkylation sites (tertiary alicyclic amines) is 1. The fourth-order valence-corrected chi connectivity index (χ4v) is 3.80. The Bertz CT molecular complexity index is 840. The van der Waals surface area contributed by atoms with Crippen LogP contribution >= 0.6 is 0 Å². The molecule has 0 saturated carbocycles.